The summed E-state index contributed by atoms with van der Waals surface area (Å²) in [6.45, 7) is 11.2. The van der Waals surface area contributed by atoms with E-state index in [0.29, 0.717) is 17.9 Å². The van der Waals surface area contributed by atoms with E-state index in [0.717, 1.165) is 12.2 Å². The average molecular weight is 285 g/mol. The van der Waals surface area contributed by atoms with Crippen LogP contribution in [0.1, 0.15) is 63.3 Å². The van der Waals surface area contributed by atoms with E-state index >= 15 is 0 Å². The van der Waals surface area contributed by atoms with Crippen LogP contribution >= 0.6 is 0 Å². The molecule has 0 aliphatic heterocycles. The lowest BCUT2D eigenvalue weighted by Crippen LogP contribution is -2.19. The van der Waals surface area contributed by atoms with Gasteiger partial charge in [0.1, 0.15) is 5.76 Å². The summed E-state index contributed by atoms with van der Waals surface area (Å²) >= 11 is 0. The van der Waals surface area contributed by atoms with E-state index in [1.54, 1.807) is 6.26 Å². The minimum absolute atomic E-state index is 0.346. The van der Waals surface area contributed by atoms with E-state index in [9.17, 15) is 0 Å². The fourth-order valence-corrected chi connectivity index (χ4v) is 2.60. The highest BCUT2D eigenvalue weighted by molar-refractivity contribution is 5.55. The van der Waals surface area contributed by atoms with Gasteiger partial charge in [0.2, 0.25) is 0 Å². The minimum atomic E-state index is 0.346. The average Bonchev–Trinajstić information content (AvgIpc) is 2.91. The van der Waals surface area contributed by atoms with Crippen molar-refractivity contribution in [3.8, 4) is 0 Å². The number of hydrogen-bond acceptors (Lipinski definition) is 2. The van der Waals surface area contributed by atoms with Crippen molar-refractivity contribution in [3.05, 3.63) is 53.5 Å². The van der Waals surface area contributed by atoms with Crippen molar-refractivity contribution in [1.29, 1.82) is 0 Å². The molecule has 114 valence electrons. The van der Waals surface area contributed by atoms with Gasteiger partial charge in [-0.15, -0.1) is 0 Å². The second kappa shape index (κ2) is 6.84. The van der Waals surface area contributed by atoms with Gasteiger partial charge in [-0.2, -0.15) is 0 Å². The van der Waals surface area contributed by atoms with Gasteiger partial charge in [0, 0.05) is 18.2 Å². The van der Waals surface area contributed by atoms with E-state index in [2.05, 4.69) is 58.1 Å². The lowest BCUT2D eigenvalue weighted by Gasteiger charge is -2.21. The van der Waals surface area contributed by atoms with E-state index in [-0.39, 0.29) is 0 Å². The zero-order chi connectivity index (χ0) is 15.4. The van der Waals surface area contributed by atoms with Crippen molar-refractivity contribution in [2.24, 2.45) is 0 Å². The number of anilines is 1. The van der Waals surface area contributed by atoms with E-state index < -0.39 is 0 Å². The molecular weight excluding hydrogens is 258 g/mol. The Bertz CT molecular complexity index is 555. The topological polar surface area (TPSA) is 25.2 Å². The van der Waals surface area contributed by atoms with Gasteiger partial charge < -0.3 is 9.73 Å². The Morgan fingerprint density at radius 3 is 2.33 bits per heavy atom. The Morgan fingerprint density at radius 1 is 1.00 bits per heavy atom. The first-order chi connectivity index (χ1) is 9.97. The summed E-state index contributed by atoms with van der Waals surface area (Å²) in [7, 11) is 0. The van der Waals surface area contributed by atoms with Gasteiger partial charge in [-0.25, -0.2) is 0 Å². The first-order valence-electron chi connectivity index (χ1n) is 7.90. The lowest BCUT2D eigenvalue weighted by molar-refractivity contribution is 0.497. The highest BCUT2D eigenvalue weighted by atomic mass is 16.3. The van der Waals surface area contributed by atoms with E-state index in [1.165, 1.54) is 16.8 Å². The summed E-state index contributed by atoms with van der Waals surface area (Å²) in [6, 6.07) is 11.1. The predicted octanol–water partition coefficient (Wildman–Crippen LogP) is 5.57. The number of nitrogens with one attached hydrogen (secondary N) is 1. The van der Waals surface area contributed by atoms with E-state index in [4.69, 9.17) is 4.42 Å². The molecule has 2 aromatic rings. The third kappa shape index (κ3) is 4.13. The molecule has 0 saturated carbocycles. The molecule has 1 atom stereocenters. The van der Waals surface area contributed by atoms with Crippen LogP contribution in [0.3, 0.4) is 0 Å². The fraction of sp³-hybridized carbons (Fsp3) is 0.474. The van der Waals surface area contributed by atoms with Crippen molar-refractivity contribution in [3.63, 3.8) is 0 Å². The van der Waals surface area contributed by atoms with Crippen LogP contribution in [0.4, 0.5) is 5.69 Å². The Labute approximate surface area is 128 Å². The van der Waals surface area contributed by atoms with E-state index in [1.807, 2.05) is 12.1 Å². The molecule has 1 aromatic carbocycles. The van der Waals surface area contributed by atoms with Crippen LogP contribution in [0.25, 0.3) is 0 Å². The maximum absolute atomic E-state index is 5.43. The quantitative estimate of drug-likeness (QED) is 0.750. The molecule has 1 N–H and O–H groups in total. The van der Waals surface area contributed by atoms with Crippen LogP contribution < -0.4 is 5.32 Å². The minimum Gasteiger partial charge on any atom is -0.469 e. The molecule has 0 bridgehead atoms. The van der Waals surface area contributed by atoms with Gasteiger partial charge in [-0.05, 0) is 48.1 Å². The second-order valence-corrected chi connectivity index (χ2v) is 6.48. The summed E-state index contributed by atoms with van der Waals surface area (Å²) in [5.74, 6) is 2.11. The Kier molecular flexibility index (Phi) is 5.11. The molecule has 1 unspecified atom stereocenters. The van der Waals surface area contributed by atoms with Crippen LogP contribution in [0.2, 0.25) is 0 Å². The monoisotopic (exact) mass is 285 g/mol. The molecule has 1 aromatic heterocycles. The SMILES string of the molecule is CC(Cc1ccco1)Nc1ccc(C(C)C)cc1C(C)C. The largest absolute Gasteiger partial charge is 0.469 e. The number of furan rings is 1. The molecule has 2 heteroatoms. The highest BCUT2D eigenvalue weighted by Crippen LogP contribution is 2.29. The Balaban J connectivity index is 2.14. The van der Waals surface area contributed by atoms with Gasteiger partial charge in [-0.3, -0.25) is 0 Å². The number of benzene rings is 1. The Hall–Kier alpha value is -1.70. The van der Waals surface area contributed by atoms with Gasteiger partial charge in [0.15, 0.2) is 0 Å². The van der Waals surface area contributed by atoms with Crippen molar-refractivity contribution in [2.75, 3.05) is 5.32 Å². The summed E-state index contributed by atoms with van der Waals surface area (Å²) < 4.78 is 5.43. The molecule has 1 heterocycles. The molecule has 0 aliphatic rings. The lowest BCUT2D eigenvalue weighted by atomic mass is 9.94. The zero-order valence-electron chi connectivity index (χ0n) is 13.8. The fourth-order valence-electron chi connectivity index (χ4n) is 2.60. The molecule has 0 saturated heterocycles. The number of rotatable bonds is 6. The van der Waals surface area contributed by atoms with Crippen molar-refractivity contribution < 1.29 is 4.42 Å². The molecule has 2 nitrogen and oxygen atoms in total. The van der Waals surface area contributed by atoms with Crippen molar-refractivity contribution >= 4 is 5.69 Å². The van der Waals surface area contributed by atoms with Gasteiger partial charge >= 0.3 is 0 Å². The van der Waals surface area contributed by atoms with Crippen LogP contribution in [-0.2, 0) is 6.42 Å². The van der Waals surface area contributed by atoms with Crippen molar-refractivity contribution in [2.45, 2.75) is 58.9 Å². The van der Waals surface area contributed by atoms with Gasteiger partial charge in [0.25, 0.3) is 0 Å². The molecule has 0 spiro atoms. The van der Waals surface area contributed by atoms with Crippen LogP contribution in [0, 0.1) is 0 Å². The van der Waals surface area contributed by atoms with Gasteiger partial charge in [-0.1, -0.05) is 39.8 Å². The summed E-state index contributed by atoms with van der Waals surface area (Å²) in [5, 5.41) is 3.64. The molecule has 0 aliphatic carbocycles. The summed E-state index contributed by atoms with van der Waals surface area (Å²) in [5.41, 5.74) is 4.05. The molecule has 0 fully saturated rings. The number of hydrogen-bond donors (Lipinski definition) is 1. The summed E-state index contributed by atoms with van der Waals surface area (Å²) in [4.78, 5) is 0. The molecular formula is C19H27NO. The third-order valence-corrected chi connectivity index (χ3v) is 3.85. The third-order valence-electron chi connectivity index (χ3n) is 3.85. The molecule has 0 radical (unpaired) electrons. The smallest absolute Gasteiger partial charge is 0.105 e. The standard InChI is InChI=1S/C19H27NO/c1-13(2)16-8-9-19(18(12-16)14(3)4)20-15(5)11-17-7-6-10-21-17/h6-10,12-15,20H,11H2,1-5H3. The maximum Gasteiger partial charge on any atom is 0.105 e. The normalized spacial score (nSPS) is 12.9. The second-order valence-electron chi connectivity index (χ2n) is 6.48. The highest BCUT2D eigenvalue weighted by Gasteiger charge is 2.12. The molecule has 21 heavy (non-hydrogen) atoms. The molecule has 2 rings (SSSR count). The van der Waals surface area contributed by atoms with Crippen LogP contribution in [0.15, 0.2) is 41.0 Å². The maximum atomic E-state index is 5.43. The first kappa shape index (κ1) is 15.7. The van der Waals surface area contributed by atoms with Crippen LogP contribution in [-0.4, -0.2) is 6.04 Å². The summed E-state index contributed by atoms with van der Waals surface area (Å²) in [6.07, 6.45) is 2.63. The van der Waals surface area contributed by atoms with Crippen molar-refractivity contribution in [1.82, 2.24) is 0 Å². The first-order valence-corrected chi connectivity index (χ1v) is 7.90. The Morgan fingerprint density at radius 2 is 1.76 bits per heavy atom. The van der Waals surface area contributed by atoms with Gasteiger partial charge in [0.05, 0.1) is 6.26 Å². The predicted molar refractivity (Wildman–Crippen MR) is 90.1 cm³/mol. The zero-order valence-corrected chi connectivity index (χ0v) is 13.8. The molecule has 0 amide bonds. The van der Waals surface area contributed by atoms with Crippen LogP contribution in [0.5, 0.6) is 0 Å².